The molecule has 1 amide bonds. The molecule has 1 aliphatic heterocycles. The van der Waals surface area contributed by atoms with E-state index in [2.05, 4.69) is 9.47 Å². The molecule has 2 aromatic rings. The Balaban J connectivity index is 1.41. The molecule has 190 valence electrons. The monoisotopic (exact) mass is 480 g/mol. The van der Waals surface area contributed by atoms with Gasteiger partial charge in [-0.15, -0.1) is 0 Å². The Morgan fingerprint density at radius 2 is 1.77 bits per heavy atom. The third-order valence-electron chi connectivity index (χ3n) is 7.40. The fraction of sp³-hybridized carbons (Fsp3) is 0.607. The molecule has 2 heterocycles. The lowest BCUT2D eigenvalue weighted by atomic mass is 9.99. The summed E-state index contributed by atoms with van der Waals surface area (Å²) in [6.45, 7) is 11.5. The summed E-state index contributed by atoms with van der Waals surface area (Å²) in [6.07, 6.45) is 7.93. The van der Waals surface area contributed by atoms with Crippen molar-refractivity contribution in [2.45, 2.75) is 78.0 Å². The second-order valence-electron chi connectivity index (χ2n) is 11.0. The van der Waals surface area contributed by atoms with Gasteiger partial charge in [0.05, 0.1) is 0 Å². The van der Waals surface area contributed by atoms with Gasteiger partial charge in [-0.25, -0.2) is 4.79 Å². The van der Waals surface area contributed by atoms with Gasteiger partial charge in [-0.2, -0.15) is 0 Å². The van der Waals surface area contributed by atoms with E-state index in [1.807, 2.05) is 63.1 Å². The van der Waals surface area contributed by atoms with Crippen molar-refractivity contribution in [3.8, 4) is 0 Å². The third kappa shape index (κ3) is 5.95. The molecule has 0 bridgehead atoms. The van der Waals surface area contributed by atoms with Gasteiger partial charge in [0, 0.05) is 67.3 Å². The molecule has 0 radical (unpaired) electrons. The number of benzene rings is 1. The van der Waals surface area contributed by atoms with Gasteiger partial charge in [0.1, 0.15) is 11.3 Å². The number of hydrogen-bond donors (Lipinski definition) is 1. The first-order chi connectivity index (χ1) is 16.7. The molecule has 2 aliphatic rings. The molecule has 1 aliphatic carbocycles. The highest BCUT2D eigenvalue weighted by atomic mass is 16.6. The smallest absolute Gasteiger partial charge is 0.352 e. The van der Waals surface area contributed by atoms with E-state index in [9.17, 15) is 9.59 Å². The van der Waals surface area contributed by atoms with Gasteiger partial charge in [-0.3, -0.25) is 15.1 Å². The summed E-state index contributed by atoms with van der Waals surface area (Å²) >= 11 is 0. The summed E-state index contributed by atoms with van der Waals surface area (Å²) in [7, 11) is 0. The molecule has 1 aromatic carbocycles. The van der Waals surface area contributed by atoms with Crippen LogP contribution in [0.1, 0.15) is 70.2 Å². The first-order valence-electron chi connectivity index (χ1n) is 13.1. The van der Waals surface area contributed by atoms with E-state index in [0.29, 0.717) is 19.0 Å². The fourth-order valence-corrected chi connectivity index (χ4v) is 5.40. The lowest BCUT2D eigenvalue weighted by molar-refractivity contribution is -0.146. The largest absolute Gasteiger partial charge is 0.455 e. The van der Waals surface area contributed by atoms with Crippen molar-refractivity contribution in [1.29, 1.82) is 5.41 Å². The summed E-state index contributed by atoms with van der Waals surface area (Å²) in [4.78, 5) is 30.2. The number of esters is 1. The predicted octanol–water partition coefficient (Wildman–Crippen LogP) is 4.73. The van der Waals surface area contributed by atoms with Gasteiger partial charge in [0.25, 0.3) is 5.91 Å². The minimum atomic E-state index is -0.617. The van der Waals surface area contributed by atoms with Crippen LogP contribution >= 0.6 is 0 Å². The van der Waals surface area contributed by atoms with Gasteiger partial charge in [0.15, 0.2) is 0 Å². The quantitative estimate of drug-likeness (QED) is 0.459. The van der Waals surface area contributed by atoms with E-state index in [1.165, 1.54) is 25.7 Å². The minimum Gasteiger partial charge on any atom is -0.455 e. The van der Waals surface area contributed by atoms with Crippen LogP contribution in [0.15, 0.2) is 30.5 Å². The number of nitrogens with zero attached hydrogens (tertiary/aromatic N) is 3. The lowest BCUT2D eigenvalue weighted by Crippen LogP contribution is -2.51. The number of nitrogens with one attached hydrogen (secondary N) is 1. The number of rotatable bonds is 7. The number of hydrogen-bond acceptors (Lipinski definition) is 5. The molecule has 1 saturated heterocycles. The number of carbonyl (C=O) groups is 2. The molecule has 35 heavy (non-hydrogen) atoms. The third-order valence-corrected chi connectivity index (χ3v) is 7.40. The Morgan fingerprint density at radius 1 is 1.09 bits per heavy atom. The second-order valence-corrected chi connectivity index (χ2v) is 11.0. The second kappa shape index (κ2) is 10.5. The topological polar surface area (TPSA) is 78.6 Å². The average Bonchev–Trinajstić information content (AvgIpc) is 3.51. The number of fused-ring (bicyclic) bond motifs is 1. The van der Waals surface area contributed by atoms with E-state index < -0.39 is 11.6 Å². The van der Waals surface area contributed by atoms with Gasteiger partial charge in [-0.05, 0) is 64.3 Å². The molecule has 1 aromatic heterocycles. The van der Waals surface area contributed by atoms with E-state index in [1.54, 1.807) is 0 Å². The maximum atomic E-state index is 13.2. The van der Waals surface area contributed by atoms with Crippen LogP contribution in [0.2, 0.25) is 0 Å². The number of piperazine rings is 1. The van der Waals surface area contributed by atoms with E-state index in [-0.39, 0.29) is 17.5 Å². The molecule has 0 unspecified atom stereocenters. The van der Waals surface area contributed by atoms with Crippen LogP contribution in [0.4, 0.5) is 0 Å². The van der Waals surface area contributed by atoms with Gasteiger partial charge in [-0.1, -0.05) is 19.8 Å². The molecule has 1 N–H and O–H groups in total. The van der Waals surface area contributed by atoms with Gasteiger partial charge in [0.2, 0.25) is 0 Å². The zero-order valence-electron chi connectivity index (χ0n) is 21.7. The molecular formula is C28H40N4O3. The van der Waals surface area contributed by atoms with Crippen molar-refractivity contribution in [3.05, 3.63) is 36.0 Å². The van der Waals surface area contributed by atoms with Crippen molar-refractivity contribution in [3.63, 3.8) is 0 Å². The molecular weight excluding hydrogens is 440 g/mol. The van der Waals surface area contributed by atoms with Gasteiger partial charge >= 0.3 is 5.97 Å². The maximum absolute atomic E-state index is 13.2. The standard InChI is InChI=1S/C28H40N4O3/c1-5-20(25(29)27(34)35-28(2,3)4)19-32-13-12-21-18-22(10-11-24(21)32)26(33)31-16-14-30(15-17-31)23-8-6-7-9-23/h10-13,18,20,23,29H,5-9,14-17,19H2,1-4H3/t20-/m1/s1. The fourth-order valence-electron chi connectivity index (χ4n) is 5.40. The molecule has 0 spiro atoms. The molecule has 1 atom stereocenters. The first-order valence-corrected chi connectivity index (χ1v) is 13.1. The minimum absolute atomic E-state index is 0.00724. The van der Waals surface area contributed by atoms with Crippen LogP contribution in [-0.4, -0.2) is 69.8 Å². The van der Waals surface area contributed by atoms with Crippen LogP contribution in [0.3, 0.4) is 0 Å². The van der Waals surface area contributed by atoms with E-state index in [0.717, 1.165) is 42.6 Å². The van der Waals surface area contributed by atoms with Crippen LogP contribution in [0.25, 0.3) is 10.9 Å². The highest BCUT2D eigenvalue weighted by Gasteiger charge is 2.29. The zero-order chi connectivity index (χ0) is 25.2. The first kappa shape index (κ1) is 25.4. The predicted molar refractivity (Wildman–Crippen MR) is 139 cm³/mol. The SMILES string of the molecule is CC[C@H](Cn1ccc2cc(C(=O)N3CCN(C4CCCC4)CC3)ccc21)C(=N)C(=O)OC(C)(C)C. The summed E-state index contributed by atoms with van der Waals surface area (Å²) in [6, 6.07) is 8.59. The van der Waals surface area contributed by atoms with E-state index >= 15 is 0 Å². The molecule has 7 heteroatoms. The van der Waals surface area contributed by atoms with Crippen molar-refractivity contribution >= 4 is 28.5 Å². The van der Waals surface area contributed by atoms with Crippen LogP contribution in [0, 0.1) is 11.3 Å². The summed E-state index contributed by atoms with van der Waals surface area (Å²) in [5, 5.41) is 9.37. The van der Waals surface area contributed by atoms with Crippen molar-refractivity contribution in [2.75, 3.05) is 26.2 Å². The Kier molecular flexibility index (Phi) is 7.64. The maximum Gasteiger partial charge on any atom is 0.352 e. The van der Waals surface area contributed by atoms with Crippen molar-refractivity contribution in [2.24, 2.45) is 5.92 Å². The van der Waals surface area contributed by atoms with E-state index in [4.69, 9.17) is 10.1 Å². The molecule has 4 rings (SSSR count). The zero-order valence-corrected chi connectivity index (χ0v) is 21.7. The number of aromatic nitrogens is 1. The molecule has 7 nitrogen and oxygen atoms in total. The Bertz CT molecular complexity index is 1070. The van der Waals surface area contributed by atoms with Crippen molar-refractivity contribution in [1.82, 2.24) is 14.4 Å². The van der Waals surface area contributed by atoms with Crippen LogP contribution in [-0.2, 0) is 16.1 Å². The van der Waals surface area contributed by atoms with Gasteiger partial charge < -0.3 is 14.2 Å². The number of carbonyl (C=O) groups excluding carboxylic acids is 2. The number of amides is 1. The molecule has 2 fully saturated rings. The van der Waals surface area contributed by atoms with Crippen LogP contribution < -0.4 is 0 Å². The summed E-state index contributed by atoms with van der Waals surface area (Å²) in [5.41, 5.74) is 1.11. The Morgan fingerprint density at radius 3 is 2.40 bits per heavy atom. The highest BCUT2D eigenvalue weighted by molar-refractivity contribution is 6.36. The summed E-state index contributed by atoms with van der Waals surface area (Å²) in [5.74, 6) is -0.691. The highest BCUT2D eigenvalue weighted by Crippen LogP contribution is 2.25. The Labute approximate surface area is 208 Å². The average molecular weight is 481 g/mol. The lowest BCUT2D eigenvalue weighted by Gasteiger charge is -2.38. The number of ether oxygens (including phenoxy) is 1. The Hall–Kier alpha value is -2.67. The van der Waals surface area contributed by atoms with Crippen LogP contribution in [0.5, 0.6) is 0 Å². The van der Waals surface area contributed by atoms with Crippen molar-refractivity contribution < 1.29 is 14.3 Å². The molecule has 1 saturated carbocycles. The summed E-state index contributed by atoms with van der Waals surface area (Å²) < 4.78 is 7.47. The normalized spacial score (nSPS) is 18.7.